The molecule has 19 heavy (non-hydrogen) atoms. The normalized spacial score (nSPS) is 12.6. The van der Waals surface area contributed by atoms with Gasteiger partial charge in [-0.15, -0.1) is 11.3 Å². The van der Waals surface area contributed by atoms with Crippen molar-refractivity contribution in [2.24, 2.45) is 0 Å². The molecule has 1 heterocycles. The molecule has 5 heteroatoms. The van der Waals surface area contributed by atoms with Gasteiger partial charge in [-0.3, -0.25) is 0 Å². The molecule has 0 saturated carbocycles. The van der Waals surface area contributed by atoms with Gasteiger partial charge in [-0.1, -0.05) is 24.6 Å². The van der Waals surface area contributed by atoms with Crippen molar-refractivity contribution in [3.63, 3.8) is 0 Å². The van der Waals surface area contributed by atoms with E-state index in [1.54, 1.807) is 23.5 Å². The van der Waals surface area contributed by atoms with Gasteiger partial charge in [-0.05, 0) is 37.6 Å². The number of hydrogen-bond donors (Lipinski definition) is 1. The summed E-state index contributed by atoms with van der Waals surface area (Å²) >= 11 is 7.47. The van der Waals surface area contributed by atoms with Gasteiger partial charge < -0.3 is 5.32 Å². The molecule has 1 aromatic carbocycles. The van der Waals surface area contributed by atoms with Crippen molar-refractivity contribution in [3.8, 4) is 0 Å². The first-order valence-corrected chi connectivity index (χ1v) is 7.45. The Balaban J connectivity index is 2.21. The number of thiazole rings is 1. The molecule has 2 rings (SSSR count). The minimum Gasteiger partial charge on any atom is -0.309 e. The van der Waals surface area contributed by atoms with E-state index in [9.17, 15) is 4.39 Å². The predicted octanol–water partition coefficient (Wildman–Crippen LogP) is 4.14. The zero-order valence-corrected chi connectivity index (χ0v) is 12.5. The van der Waals surface area contributed by atoms with E-state index < -0.39 is 0 Å². The minimum absolute atomic E-state index is 0.175. The van der Waals surface area contributed by atoms with E-state index in [1.165, 1.54) is 10.9 Å². The number of halogens is 2. The van der Waals surface area contributed by atoms with Crippen LogP contribution >= 0.6 is 22.9 Å². The van der Waals surface area contributed by atoms with E-state index in [0.29, 0.717) is 0 Å². The number of benzene rings is 1. The van der Waals surface area contributed by atoms with E-state index in [4.69, 9.17) is 11.6 Å². The number of likely N-dealkylation sites (N-methyl/N-ethyl adjacent to an activating group) is 1. The third kappa shape index (κ3) is 3.53. The molecule has 1 atom stereocenters. The molecule has 0 bridgehead atoms. The van der Waals surface area contributed by atoms with E-state index >= 15 is 0 Å². The minimum atomic E-state index is -0.376. The summed E-state index contributed by atoms with van der Waals surface area (Å²) in [6.07, 6.45) is 0.775. The van der Waals surface area contributed by atoms with Crippen LogP contribution in [0, 0.1) is 12.7 Å². The Morgan fingerprint density at radius 3 is 2.84 bits per heavy atom. The van der Waals surface area contributed by atoms with Gasteiger partial charge in [-0.25, -0.2) is 9.37 Å². The van der Waals surface area contributed by atoms with Gasteiger partial charge >= 0.3 is 0 Å². The number of rotatable bonds is 5. The zero-order valence-electron chi connectivity index (χ0n) is 10.9. The van der Waals surface area contributed by atoms with Crippen LogP contribution in [0.15, 0.2) is 23.7 Å². The smallest absolute Gasteiger partial charge is 0.141 e. The molecule has 2 aromatic rings. The number of aryl methyl sites for hydroxylation is 1. The molecule has 0 spiro atoms. The maximum atomic E-state index is 13.2. The van der Waals surface area contributed by atoms with E-state index in [2.05, 4.69) is 17.2 Å². The summed E-state index contributed by atoms with van der Waals surface area (Å²) in [5.41, 5.74) is 3.92. The number of aromatic nitrogens is 1. The lowest BCUT2D eigenvalue weighted by Crippen LogP contribution is -2.22. The maximum absolute atomic E-state index is 13.2. The van der Waals surface area contributed by atoms with E-state index in [1.807, 2.05) is 12.4 Å². The van der Waals surface area contributed by atoms with E-state index in [-0.39, 0.29) is 16.9 Å². The number of nitrogens with one attached hydrogen (secondary N) is 1. The van der Waals surface area contributed by atoms with Crippen molar-refractivity contribution in [2.45, 2.75) is 26.3 Å². The first-order valence-electron chi connectivity index (χ1n) is 6.19. The van der Waals surface area contributed by atoms with Gasteiger partial charge in [0.05, 0.1) is 16.2 Å². The Hall–Kier alpha value is -0.970. The second-order valence-electron chi connectivity index (χ2n) is 4.36. The molecule has 2 nitrogen and oxygen atoms in total. The lowest BCUT2D eigenvalue weighted by atomic mass is 10.0. The highest BCUT2D eigenvalue weighted by molar-refractivity contribution is 7.09. The van der Waals surface area contributed by atoms with Crippen molar-refractivity contribution in [2.75, 3.05) is 6.54 Å². The van der Waals surface area contributed by atoms with Gasteiger partial charge in [-0.2, -0.15) is 0 Å². The lowest BCUT2D eigenvalue weighted by molar-refractivity contribution is 0.553. The molecular formula is C14H16ClFN2S. The van der Waals surface area contributed by atoms with Crippen molar-refractivity contribution in [1.29, 1.82) is 0 Å². The largest absolute Gasteiger partial charge is 0.309 e. The highest BCUT2D eigenvalue weighted by Gasteiger charge is 2.16. The standard InChI is InChI=1S/C14H16ClFN2S/c1-3-17-13(14-9(2)18-8-19-14)7-10-4-5-12(16)11(15)6-10/h4-6,8,13,17H,3,7H2,1-2H3. The molecular weight excluding hydrogens is 283 g/mol. The van der Waals surface area contributed by atoms with Crippen LogP contribution in [0.25, 0.3) is 0 Å². The Labute approximate surface area is 121 Å². The molecule has 1 N–H and O–H groups in total. The van der Waals surface area contributed by atoms with Crippen LogP contribution < -0.4 is 5.32 Å². The molecule has 0 fully saturated rings. The average molecular weight is 299 g/mol. The Bertz CT molecular complexity index is 556. The lowest BCUT2D eigenvalue weighted by Gasteiger charge is -2.17. The molecule has 0 radical (unpaired) electrons. The Morgan fingerprint density at radius 1 is 1.47 bits per heavy atom. The number of hydrogen-bond acceptors (Lipinski definition) is 3. The highest BCUT2D eigenvalue weighted by Crippen LogP contribution is 2.26. The molecule has 102 valence electrons. The second-order valence-corrected chi connectivity index (χ2v) is 5.66. The van der Waals surface area contributed by atoms with Crippen LogP contribution in [0.5, 0.6) is 0 Å². The van der Waals surface area contributed by atoms with Gasteiger partial charge in [0.25, 0.3) is 0 Å². The fourth-order valence-corrected chi connectivity index (χ4v) is 3.13. The third-order valence-electron chi connectivity index (χ3n) is 2.97. The quantitative estimate of drug-likeness (QED) is 0.897. The Morgan fingerprint density at radius 2 is 2.26 bits per heavy atom. The summed E-state index contributed by atoms with van der Waals surface area (Å²) < 4.78 is 13.2. The summed E-state index contributed by atoms with van der Waals surface area (Å²) in [4.78, 5) is 5.51. The summed E-state index contributed by atoms with van der Waals surface area (Å²) in [6.45, 7) is 4.95. The molecule has 1 aromatic heterocycles. The fourth-order valence-electron chi connectivity index (χ4n) is 2.05. The molecule has 0 aliphatic heterocycles. The van der Waals surface area contributed by atoms with Gasteiger partial charge in [0, 0.05) is 10.9 Å². The van der Waals surface area contributed by atoms with Crippen molar-refractivity contribution >= 4 is 22.9 Å². The molecule has 0 amide bonds. The van der Waals surface area contributed by atoms with Crippen LogP contribution in [-0.4, -0.2) is 11.5 Å². The summed E-state index contributed by atoms with van der Waals surface area (Å²) in [6, 6.07) is 5.08. The highest BCUT2D eigenvalue weighted by atomic mass is 35.5. The maximum Gasteiger partial charge on any atom is 0.141 e. The molecule has 1 unspecified atom stereocenters. The summed E-state index contributed by atoms with van der Waals surface area (Å²) in [7, 11) is 0. The molecule has 0 aliphatic carbocycles. The molecule has 0 saturated heterocycles. The fraction of sp³-hybridized carbons (Fsp3) is 0.357. The zero-order chi connectivity index (χ0) is 13.8. The van der Waals surface area contributed by atoms with Gasteiger partial charge in [0.1, 0.15) is 5.82 Å². The molecule has 0 aliphatic rings. The monoisotopic (exact) mass is 298 g/mol. The van der Waals surface area contributed by atoms with Gasteiger partial charge in [0.15, 0.2) is 0 Å². The van der Waals surface area contributed by atoms with Crippen LogP contribution in [0.2, 0.25) is 5.02 Å². The second kappa shape index (κ2) is 6.46. The van der Waals surface area contributed by atoms with Crippen LogP contribution in [0.4, 0.5) is 4.39 Å². The van der Waals surface area contributed by atoms with Crippen LogP contribution in [0.1, 0.15) is 29.1 Å². The average Bonchev–Trinajstić information content (AvgIpc) is 2.79. The summed E-state index contributed by atoms with van der Waals surface area (Å²) in [5, 5.41) is 3.62. The van der Waals surface area contributed by atoms with Crippen molar-refractivity contribution in [3.05, 3.63) is 50.7 Å². The van der Waals surface area contributed by atoms with Crippen molar-refractivity contribution < 1.29 is 4.39 Å². The van der Waals surface area contributed by atoms with E-state index in [0.717, 1.165) is 24.2 Å². The van der Waals surface area contributed by atoms with Crippen molar-refractivity contribution in [1.82, 2.24) is 10.3 Å². The predicted molar refractivity (Wildman–Crippen MR) is 78.4 cm³/mol. The van der Waals surface area contributed by atoms with Gasteiger partial charge in [0.2, 0.25) is 0 Å². The van der Waals surface area contributed by atoms with Crippen LogP contribution in [-0.2, 0) is 6.42 Å². The topological polar surface area (TPSA) is 24.9 Å². The third-order valence-corrected chi connectivity index (χ3v) is 4.31. The first-order chi connectivity index (χ1) is 9.11. The van der Waals surface area contributed by atoms with Crippen LogP contribution in [0.3, 0.4) is 0 Å². The summed E-state index contributed by atoms with van der Waals surface area (Å²) in [5.74, 6) is -0.376. The first kappa shape index (κ1) is 14.4. The number of nitrogens with zero attached hydrogens (tertiary/aromatic N) is 1. The Kier molecular flexibility index (Phi) is 4.91. The SMILES string of the molecule is CCNC(Cc1ccc(F)c(Cl)c1)c1scnc1C.